The molecule has 0 bridgehead atoms. The van der Waals surface area contributed by atoms with Crippen LogP contribution in [0.4, 0.5) is 4.39 Å². The number of aliphatic hydroxyl groups is 1. The van der Waals surface area contributed by atoms with E-state index in [4.69, 9.17) is 4.74 Å². The second-order valence-electron chi connectivity index (χ2n) is 5.08. The van der Waals surface area contributed by atoms with E-state index < -0.39 is 6.10 Å². The van der Waals surface area contributed by atoms with Crippen molar-refractivity contribution in [2.45, 2.75) is 26.9 Å². The normalized spacial score (nSPS) is 12.3. The molecular formula is C17H19FO2. The van der Waals surface area contributed by atoms with Crippen molar-refractivity contribution in [2.75, 3.05) is 7.11 Å². The molecule has 0 saturated carbocycles. The number of ether oxygens (including phenoxy) is 1. The molecule has 0 fully saturated rings. The molecule has 0 aliphatic carbocycles. The quantitative estimate of drug-likeness (QED) is 0.921. The first kappa shape index (κ1) is 14.5. The summed E-state index contributed by atoms with van der Waals surface area (Å²) in [5, 5.41) is 10.6. The lowest BCUT2D eigenvalue weighted by atomic mass is 9.93. The van der Waals surface area contributed by atoms with Crippen molar-refractivity contribution in [1.82, 2.24) is 0 Å². The Balaban J connectivity index is 2.49. The molecule has 0 spiro atoms. The summed E-state index contributed by atoms with van der Waals surface area (Å²) in [5.41, 5.74) is 3.99. The van der Waals surface area contributed by atoms with E-state index in [0.717, 1.165) is 33.6 Å². The van der Waals surface area contributed by atoms with Gasteiger partial charge in [0.2, 0.25) is 0 Å². The minimum Gasteiger partial charge on any atom is -0.496 e. The third kappa shape index (κ3) is 2.68. The average molecular weight is 274 g/mol. The number of halogens is 1. The van der Waals surface area contributed by atoms with Gasteiger partial charge in [-0.05, 0) is 66.8 Å². The highest BCUT2D eigenvalue weighted by atomic mass is 19.1. The predicted molar refractivity (Wildman–Crippen MR) is 77.7 cm³/mol. The Morgan fingerprint density at radius 2 is 1.60 bits per heavy atom. The van der Waals surface area contributed by atoms with Crippen molar-refractivity contribution in [3.8, 4) is 5.75 Å². The van der Waals surface area contributed by atoms with Crippen LogP contribution in [0.15, 0.2) is 30.3 Å². The molecule has 20 heavy (non-hydrogen) atoms. The molecular weight excluding hydrogens is 255 g/mol. The molecule has 2 rings (SSSR count). The zero-order valence-electron chi connectivity index (χ0n) is 12.2. The predicted octanol–water partition coefficient (Wildman–Crippen LogP) is 3.84. The lowest BCUT2D eigenvalue weighted by Crippen LogP contribution is -2.06. The van der Waals surface area contributed by atoms with Crippen LogP contribution in [0.1, 0.15) is 33.9 Å². The van der Waals surface area contributed by atoms with Crippen LogP contribution in [0.3, 0.4) is 0 Å². The Morgan fingerprint density at radius 1 is 1.00 bits per heavy atom. The second kappa shape index (κ2) is 5.63. The molecule has 1 unspecified atom stereocenters. The van der Waals surface area contributed by atoms with Crippen LogP contribution in [-0.4, -0.2) is 12.2 Å². The van der Waals surface area contributed by atoms with Gasteiger partial charge in [0.1, 0.15) is 17.7 Å². The first-order valence-corrected chi connectivity index (χ1v) is 6.53. The molecule has 0 saturated heterocycles. The second-order valence-corrected chi connectivity index (χ2v) is 5.08. The number of rotatable bonds is 3. The summed E-state index contributed by atoms with van der Waals surface area (Å²) >= 11 is 0. The van der Waals surface area contributed by atoms with Crippen LogP contribution in [0, 0.1) is 26.6 Å². The Bertz CT molecular complexity index is 612. The van der Waals surface area contributed by atoms with E-state index in [9.17, 15) is 9.50 Å². The Morgan fingerprint density at radius 3 is 2.15 bits per heavy atom. The van der Waals surface area contributed by atoms with Gasteiger partial charge in [-0.1, -0.05) is 12.1 Å². The van der Waals surface area contributed by atoms with Crippen molar-refractivity contribution < 1.29 is 14.2 Å². The Hall–Kier alpha value is -1.87. The third-order valence-corrected chi connectivity index (χ3v) is 3.58. The summed E-state index contributed by atoms with van der Waals surface area (Å²) in [6.07, 6.45) is -0.787. The van der Waals surface area contributed by atoms with E-state index in [2.05, 4.69) is 0 Å². The van der Waals surface area contributed by atoms with Gasteiger partial charge in [0.15, 0.2) is 0 Å². The van der Waals surface area contributed by atoms with Crippen molar-refractivity contribution in [2.24, 2.45) is 0 Å². The van der Waals surface area contributed by atoms with E-state index in [-0.39, 0.29) is 5.82 Å². The maximum Gasteiger partial charge on any atom is 0.123 e. The van der Waals surface area contributed by atoms with E-state index in [1.165, 1.54) is 12.1 Å². The molecule has 3 heteroatoms. The molecule has 0 heterocycles. The smallest absolute Gasteiger partial charge is 0.123 e. The Labute approximate surface area is 118 Å². The molecule has 0 aromatic heterocycles. The fourth-order valence-electron chi connectivity index (χ4n) is 2.53. The zero-order valence-corrected chi connectivity index (χ0v) is 12.2. The fraction of sp³-hybridized carbons (Fsp3) is 0.294. The minimum absolute atomic E-state index is 0.280. The molecule has 2 nitrogen and oxygen atoms in total. The summed E-state index contributed by atoms with van der Waals surface area (Å²) < 4.78 is 18.6. The van der Waals surface area contributed by atoms with Crippen LogP contribution in [0.25, 0.3) is 0 Å². The number of hydrogen-bond donors (Lipinski definition) is 1. The summed E-state index contributed by atoms with van der Waals surface area (Å²) in [4.78, 5) is 0. The molecule has 1 atom stereocenters. The molecule has 106 valence electrons. The van der Waals surface area contributed by atoms with Gasteiger partial charge in [0.25, 0.3) is 0 Å². The number of aliphatic hydroxyl groups excluding tert-OH is 1. The van der Waals surface area contributed by atoms with Crippen LogP contribution >= 0.6 is 0 Å². The fourth-order valence-corrected chi connectivity index (χ4v) is 2.53. The van der Waals surface area contributed by atoms with Crippen molar-refractivity contribution in [3.05, 3.63) is 64.0 Å². The van der Waals surface area contributed by atoms with Gasteiger partial charge in [0.05, 0.1) is 7.11 Å². The van der Waals surface area contributed by atoms with Crippen molar-refractivity contribution in [1.29, 1.82) is 0 Å². The van der Waals surface area contributed by atoms with Gasteiger partial charge in [-0.3, -0.25) is 0 Å². The van der Waals surface area contributed by atoms with Gasteiger partial charge in [-0.25, -0.2) is 4.39 Å². The van der Waals surface area contributed by atoms with Gasteiger partial charge in [0, 0.05) is 0 Å². The van der Waals surface area contributed by atoms with E-state index >= 15 is 0 Å². The average Bonchev–Trinajstić information content (AvgIpc) is 2.37. The highest BCUT2D eigenvalue weighted by Crippen LogP contribution is 2.31. The topological polar surface area (TPSA) is 29.5 Å². The van der Waals surface area contributed by atoms with Crippen molar-refractivity contribution in [3.63, 3.8) is 0 Å². The standard InChI is InChI=1S/C17H19FO2/c1-10-5-6-13(9-15(10)20-4)17(19)16-11(2)7-14(18)8-12(16)3/h5-9,17,19H,1-4H3. The molecule has 0 aliphatic heterocycles. The van der Waals surface area contributed by atoms with Gasteiger partial charge in [-0.15, -0.1) is 0 Å². The third-order valence-electron chi connectivity index (χ3n) is 3.58. The maximum absolute atomic E-state index is 13.3. The number of methoxy groups -OCH3 is 1. The molecule has 0 aliphatic rings. The molecule has 0 amide bonds. The maximum atomic E-state index is 13.3. The number of aryl methyl sites for hydroxylation is 3. The molecule has 1 N–H and O–H groups in total. The monoisotopic (exact) mass is 274 g/mol. The lowest BCUT2D eigenvalue weighted by molar-refractivity contribution is 0.218. The summed E-state index contributed by atoms with van der Waals surface area (Å²) in [7, 11) is 1.60. The van der Waals surface area contributed by atoms with Crippen LogP contribution < -0.4 is 4.74 Å². The summed E-state index contributed by atoms with van der Waals surface area (Å²) in [5.74, 6) is 0.455. The van der Waals surface area contributed by atoms with Crippen LogP contribution in [0.5, 0.6) is 5.75 Å². The largest absolute Gasteiger partial charge is 0.496 e. The Kier molecular flexibility index (Phi) is 4.09. The molecule has 2 aromatic carbocycles. The number of benzene rings is 2. The highest BCUT2D eigenvalue weighted by molar-refractivity contribution is 5.44. The van der Waals surface area contributed by atoms with Gasteiger partial charge < -0.3 is 9.84 Å². The lowest BCUT2D eigenvalue weighted by Gasteiger charge is -2.18. The first-order chi connectivity index (χ1) is 9.43. The van der Waals surface area contributed by atoms with E-state index in [1.807, 2.05) is 25.1 Å². The van der Waals surface area contributed by atoms with E-state index in [0.29, 0.717) is 0 Å². The van der Waals surface area contributed by atoms with Crippen LogP contribution in [0.2, 0.25) is 0 Å². The molecule has 0 radical (unpaired) electrons. The first-order valence-electron chi connectivity index (χ1n) is 6.53. The molecule has 2 aromatic rings. The van der Waals surface area contributed by atoms with Crippen molar-refractivity contribution >= 4 is 0 Å². The minimum atomic E-state index is -0.787. The number of hydrogen-bond acceptors (Lipinski definition) is 2. The van der Waals surface area contributed by atoms with Gasteiger partial charge in [-0.2, -0.15) is 0 Å². The van der Waals surface area contributed by atoms with E-state index in [1.54, 1.807) is 21.0 Å². The zero-order chi connectivity index (χ0) is 14.9. The highest BCUT2D eigenvalue weighted by Gasteiger charge is 2.17. The summed E-state index contributed by atoms with van der Waals surface area (Å²) in [6, 6.07) is 8.48. The SMILES string of the molecule is COc1cc(C(O)c2c(C)cc(F)cc2C)ccc1C. The van der Waals surface area contributed by atoms with Crippen LogP contribution in [-0.2, 0) is 0 Å². The van der Waals surface area contributed by atoms with Gasteiger partial charge >= 0.3 is 0 Å². The summed E-state index contributed by atoms with van der Waals surface area (Å²) in [6.45, 7) is 5.56.